The van der Waals surface area contributed by atoms with Crippen molar-refractivity contribution < 1.29 is 29.3 Å². The molecule has 33 heavy (non-hydrogen) atoms. The number of nitrogens with zero attached hydrogens (tertiary/aromatic N) is 1. The summed E-state index contributed by atoms with van der Waals surface area (Å²) in [7, 11) is 0. The third-order valence-corrected chi connectivity index (χ3v) is 7.17. The zero-order valence-corrected chi connectivity index (χ0v) is 18.1. The molecule has 2 aromatic rings. The highest BCUT2D eigenvalue weighted by Gasteiger charge is 2.51. The minimum atomic E-state index is -1.87. The second kappa shape index (κ2) is 7.88. The average molecular weight is 450 g/mol. The number of amides is 2. The summed E-state index contributed by atoms with van der Waals surface area (Å²) in [6.45, 7) is -0.272. The van der Waals surface area contributed by atoms with Gasteiger partial charge in [0.25, 0.3) is 0 Å². The molecular weight excluding hydrogens is 424 g/mol. The Hall–Kier alpha value is -3.39. The van der Waals surface area contributed by atoms with Crippen LogP contribution in [0.15, 0.2) is 48.5 Å². The van der Waals surface area contributed by atoms with Crippen LogP contribution in [0, 0.1) is 0 Å². The number of carbonyl (C=O) groups is 3. The summed E-state index contributed by atoms with van der Waals surface area (Å²) < 4.78 is 5.63. The SMILES string of the molecule is O=C(NC1(CC(=O)N2CC(O)(C(=O)O)C2)CCC1)OCC1c2ccccc2-c2ccccc21. The fraction of sp³-hybridized carbons (Fsp3) is 0.400. The molecule has 1 saturated heterocycles. The molecule has 8 heteroatoms. The van der Waals surface area contributed by atoms with Crippen LogP contribution in [-0.2, 0) is 14.3 Å². The number of rotatable bonds is 6. The second-order valence-corrected chi connectivity index (χ2v) is 9.35. The maximum atomic E-state index is 12.7. The lowest BCUT2D eigenvalue weighted by Crippen LogP contribution is -2.68. The van der Waals surface area contributed by atoms with Crippen molar-refractivity contribution >= 4 is 18.0 Å². The largest absolute Gasteiger partial charge is 0.479 e. The van der Waals surface area contributed by atoms with E-state index in [1.807, 2.05) is 24.3 Å². The molecule has 2 aliphatic carbocycles. The molecule has 2 fully saturated rings. The molecule has 0 bridgehead atoms. The van der Waals surface area contributed by atoms with Gasteiger partial charge in [0.05, 0.1) is 25.0 Å². The van der Waals surface area contributed by atoms with Crippen molar-refractivity contribution in [2.24, 2.45) is 0 Å². The van der Waals surface area contributed by atoms with Crippen LogP contribution in [0.4, 0.5) is 4.79 Å². The summed E-state index contributed by atoms with van der Waals surface area (Å²) in [5.74, 6) is -1.65. The molecule has 0 unspecified atom stereocenters. The normalized spacial score (nSPS) is 19.5. The van der Waals surface area contributed by atoms with Gasteiger partial charge < -0.3 is 25.2 Å². The number of hydrogen-bond acceptors (Lipinski definition) is 5. The summed E-state index contributed by atoms with van der Waals surface area (Å²) in [6, 6.07) is 16.2. The van der Waals surface area contributed by atoms with Gasteiger partial charge in [-0.25, -0.2) is 9.59 Å². The first-order valence-corrected chi connectivity index (χ1v) is 11.2. The number of nitrogens with one attached hydrogen (secondary N) is 1. The molecule has 8 nitrogen and oxygen atoms in total. The van der Waals surface area contributed by atoms with Gasteiger partial charge in [0.15, 0.2) is 5.60 Å². The van der Waals surface area contributed by atoms with Crippen molar-refractivity contribution in [2.45, 2.75) is 42.7 Å². The number of likely N-dealkylation sites (tertiary alicyclic amines) is 1. The van der Waals surface area contributed by atoms with Gasteiger partial charge in [-0.15, -0.1) is 0 Å². The second-order valence-electron chi connectivity index (χ2n) is 9.35. The van der Waals surface area contributed by atoms with Gasteiger partial charge in [-0.2, -0.15) is 0 Å². The van der Waals surface area contributed by atoms with Crippen molar-refractivity contribution in [1.82, 2.24) is 10.2 Å². The Bertz CT molecular complexity index is 1070. The monoisotopic (exact) mass is 450 g/mol. The molecule has 0 atom stereocenters. The molecule has 5 rings (SSSR count). The number of alkyl carbamates (subject to hydrolysis) is 1. The number of carbonyl (C=O) groups excluding carboxylic acids is 2. The Balaban J connectivity index is 1.20. The maximum absolute atomic E-state index is 12.7. The lowest BCUT2D eigenvalue weighted by molar-refractivity contribution is -0.182. The van der Waals surface area contributed by atoms with Crippen molar-refractivity contribution in [1.29, 1.82) is 0 Å². The summed E-state index contributed by atoms with van der Waals surface area (Å²) in [4.78, 5) is 37.6. The van der Waals surface area contributed by atoms with Gasteiger partial charge >= 0.3 is 12.1 Å². The van der Waals surface area contributed by atoms with Gasteiger partial charge in [-0.3, -0.25) is 4.79 Å². The van der Waals surface area contributed by atoms with Gasteiger partial charge in [0, 0.05) is 5.92 Å². The van der Waals surface area contributed by atoms with Crippen LogP contribution < -0.4 is 5.32 Å². The Morgan fingerprint density at radius 2 is 1.58 bits per heavy atom. The third-order valence-electron chi connectivity index (χ3n) is 7.17. The third kappa shape index (κ3) is 3.74. The molecule has 3 aliphatic rings. The number of ether oxygens (including phenoxy) is 1. The average Bonchev–Trinajstić information content (AvgIpc) is 3.07. The van der Waals surface area contributed by atoms with Crippen molar-refractivity contribution in [3.8, 4) is 11.1 Å². The molecular formula is C25H26N2O6. The Kier molecular flexibility index (Phi) is 5.12. The van der Waals surface area contributed by atoms with Crippen molar-refractivity contribution in [2.75, 3.05) is 19.7 Å². The zero-order chi connectivity index (χ0) is 23.2. The minimum Gasteiger partial charge on any atom is -0.479 e. The predicted octanol–water partition coefficient (Wildman–Crippen LogP) is 2.50. The molecule has 0 aromatic heterocycles. The molecule has 3 N–H and O–H groups in total. The molecule has 0 radical (unpaired) electrons. The van der Waals surface area contributed by atoms with Crippen LogP contribution in [0.25, 0.3) is 11.1 Å². The van der Waals surface area contributed by atoms with E-state index in [1.165, 1.54) is 4.90 Å². The van der Waals surface area contributed by atoms with E-state index < -0.39 is 23.2 Å². The van der Waals surface area contributed by atoms with Crippen LogP contribution in [0.2, 0.25) is 0 Å². The summed E-state index contributed by atoms with van der Waals surface area (Å²) in [6.07, 6.45) is 1.69. The molecule has 1 aliphatic heterocycles. The standard InChI is InChI=1S/C25H26N2O6/c28-21(27-14-25(32,15-27)22(29)30)12-24(10-5-11-24)26-23(31)33-13-20-18-8-3-1-6-16(18)17-7-2-4-9-19(17)20/h1-4,6-9,20,32H,5,10-15H2,(H,26,31)(H,29,30). The van der Waals surface area contributed by atoms with Crippen LogP contribution in [0.5, 0.6) is 0 Å². The summed E-state index contributed by atoms with van der Waals surface area (Å²) >= 11 is 0. The number of fused-ring (bicyclic) bond motifs is 3. The Morgan fingerprint density at radius 1 is 1.00 bits per heavy atom. The van der Waals surface area contributed by atoms with E-state index in [2.05, 4.69) is 29.6 Å². The number of hydrogen-bond donors (Lipinski definition) is 3. The van der Waals surface area contributed by atoms with Crippen LogP contribution in [0.3, 0.4) is 0 Å². The highest BCUT2D eigenvalue weighted by Crippen LogP contribution is 2.44. The number of β-amino-alcohol motifs (C(OH)–C–C–N with tert-alkyl or cyclic N) is 1. The van der Waals surface area contributed by atoms with E-state index >= 15 is 0 Å². The number of carboxylic acid groups (broad SMARTS) is 1. The van der Waals surface area contributed by atoms with E-state index in [1.54, 1.807) is 0 Å². The number of aliphatic hydroxyl groups is 1. The van der Waals surface area contributed by atoms with Gasteiger partial charge in [0.1, 0.15) is 6.61 Å². The van der Waals surface area contributed by atoms with Crippen LogP contribution in [0.1, 0.15) is 42.7 Å². The first kappa shape index (κ1) is 21.5. The van der Waals surface area contributed by atoms with E-state index in [0.717, 1.165) is 28.7 Å². The van der Waals surface area contributed by atoms with E-state index in [0.29, 0.717) is 12.8 Å². The lowest BCUT2D eigenvalue weighted by Gasteiger charge is -2.47. The first-order chi connectivity index (χ1) is 15.8. The molecule has 0 spiro atoms. The zero-order valence-electron chi connectivity index (χ0n) is 18.1. The number of aliphatic carboxylic acids is 1. The highest BCUT2D eigenvalue weighted by molar-refractivity contribution is 5.86. The Morgan fingerprint density at radius 3 is 2.09 bits per heavy atom. The number of benzene rings is 2. The van der Waals surface area contributed by atoms with Gasteiger partial charge in [-0.05, 0) is 41.5 Å². The van der Waals surface area contributed by atoms with Crippen molar-refractivity contribution in [3.05, 3.63) is 59.7 Å². The summed E-state index contributed by atoms with van der Waals surface area (Å²) in [5, 5.41) is 21.8. The van der Waals surface area contributed by atoms with Crippen LogP contribution in [-0.4, -0.2) is 63.9 Å². The van der Waals surface area contributed by atoms with E-state index in [9.17, 15) is 19.5 Å². The highest BCUT2D eigenvalue weighted by atomic mass is 16.5. The molecule has 172 valence electrons. The first-order valence-electron chi connectivity index (χ1n) is 11.2. The number of carboxylic acids is 1. The molecule has 2 aromatic carbocycles. The lowest BCUT2D eigenvalue weighted by atomic mass is 9.73. The van der Waals surface area contributed by atoms with Crippen molar-refractivity contribution in [3.63, 3.8) is 0 Å². The van der Waals surface area contributed by atoms with E-state index in [-0.39, 0.29) is 37.9 Å². The maximum Gasteiger partial charge on any atom is 0.407 e. The topological polar surface area (TPSA) is 116 Å². The fourth-order valence-electron chi connectivity index (χ4n) is 5.10. The summed E-state index contributed by atoms with van der Waals surface area (Å²) in [5.41, 5.74) is 2.00. The predicted molar refractivity (Wildman–Crippen MR) is 119 cm³/mol. The molecule has 1 heterocycles. The molecule has 1 saturated carbocycles. The smallest absolute Gasteiger partial charge is 0.407 e. The Labute approximate surface area is 191 Å². The fourth-order valence-corrected chi connectivity index (χ4v) is 5.10. The molecule has 2 amide bonds. The van der Waals surface area contributed by atoms with E-state index in [4.69, 9.17) is 9.84 Å². The van der Waals surface area contributed by atoms with Crippen LogP contribution >= 0.6 is 0 Å². The quantitative estimate of drug-likeness (QED) is 0.623. The van der Waals surface area contributed by atoms with Gasteiger partial charge in [0.2, 0.25) is 5.91 Å². The van der Waals surface area contributed by atoms with Gasteiger partial charge in [-0.1, -0.05) is 48.5 Å². The minimum absolute atomic E-state index is 0.0445.